The molecule has 2 N–H and O–H groups in total. The highest BCUT2D eigenvalue weighted by Gasteiger charge is 2.01. The lowest BCUT2D eigenvalue weighted by molar-refractivity contribution is 0.534. The van der Waals surface area contributed by atoms with Gasteiger partial charge in [0.25, 0.3) is 0 Å². The van der Waals surface area contributed by atoms with Crippen LogP contribution in [0, 0.1) is 5.92 Å². The summed E-state index contributed by atoms with van der Waals surface area (Å²) in [6.45, 7) is 6.97. The fraction of sp³-hybridized carbons (Fsp3) is 0.526. The first-order chi connectivity index (χ1) is 12.2. The topological polar surface area (TPSA) is 67.1 Å². The van der Waals surface area contributed by atoms with Crippen molar-refractivity contribution in [3.05, 3.63) is 48.0 Å². The van der Waals surface area contributed by atoms with Gasteiger partial charge in [0.1, 0.15) is 12.7 Å². The Morgan fingerprint density at radius 3 is 2.76 bits per heavy atom. The summed E-state index contributed by atoms with van der Waals surface area (Å²) in [6, 6.07) is 8.48. The molecule has 1 heterocycles. The van der Waals surface area contributed by atoms with E-state index in [0.29, 0.717) is 0 Å². The van der Waals surface area contributed by atoms with Crippen LogP contribution in [0.3, 0.4) is 0 Å². The number of unbranched alkanes of at least 4 members (excludes halogenated alkanes) is 1. The molecule has 0 bridgehead atoms. The highest BCUT2D eigenvalue weighted by atomic mass is 15.3. The zero-order chi connectivity index (χ0) is 17.9. The number of guanidine groups is 1. The Balaban J connectivity index is 1.75. The summed E-state index contributed by atoms with van der Waals surface area (Å²) in [5.41, 5.74) is 2.43. The average Bonchev–Trinajstić information content (AvgIpc) is 3.10. The third-order valence-corrected chi connectivity index (χ3v) is 3.99. The predicted molar refractivity (Wildman–Crippen MR) is 102 cm³/mol. The summed E-state index contributed by atoms with van der Waals surface area (Å²) in [6.07, 6.45) is 7.00. The molecule has 0 aliphatic rings. The van der Waals surface area contributed by atoms with Crippen molar-refractivity contribution in [1.82, 2.24) is 25.4 Å². The molecule has 0 saturated carbocycles. The zero-order valence-corrected chi connectivity index (χ0v) is 15.6. The molecule has 6 heteroatoms. The Morgan fingerprint density at radius 1 is 1.20 bits per heavy atom. The van der Waals surface area contributed by atoms with E-state index in [2.05, 4.69) is 63.8 Å². The monoisotopic (exact) mass is 342 g/mol. The first kappa shape index (κ1) is 19.0. The Bertz CT molecular complexity index is 633. The highest BCUT2D eigenvalue weighted by Crippen LogP contribution is 2.07. The summed E-state index contributed by atoms with van der Waals surface area (Å²) in [5.74, 6) is 1.63. The van der Waals surface area contributed by atoms with Crippen LogP contribution in [0.15, 0.2) is 41.9 Å². The van der Waals surface area contributed by atoms with Crippen LogP contribution < -0.4 is 10.6 Å². The number of nitrogens with one attached hydrogen (secondary N) is 2. The normalized spacial score (nSPS) is 11.8. The molecule has 2 rings (SSSR count). The summed E-state index contributed by atoms with van der Waals surface area (Å²) in [7, 11) is 1.81. The van der Waals surface area contributed by atoms with Gasteiger partial charge in [-0.1, -0.05) is 51.0 Å². The van der Waals surface area contributed by atoms with Crippen LogP contribution in [0.1, 0.15) is 44.2 Å². The van der Waals surface area contributed by atoms with Gasteiger partial charge >= 0.3 is 0 Å². The first-order valence-corrected chi connectivity index (χ1v) is 9.02. The quantitative estimate of drug-likeness (QED) is 0.418. The SMILES string of the molecule is CN=C(NCCCCC(C)C)NCc1cccc(Cn2cncn2)c1. The molecule has 1 aromatic heterocycles. The van der Waals surface area contributed by atoms with Crippen LogP contribution in [-0.2, 0) is 13.1 Å². The molecule has 0 unspecified atom stereocenters. The van der Waals surface area contributed by atoms with Crippen LogP contribution in [0.25, 0.3) is 0 Å². The first-order valence-electron chi connectivity index (χ1n) is 9.02. The molecule has 2 aromatic rings. The minimum Gasteiger partial charge on any atom is -0.356 e. The predicted octanol–water partition coefficient (Wildman–Crippen LogP) is 2.82. The maximum atomic E-state index is 4.29. The van der Waals surface area contributed by atoms with Gasteiger partial charge in [0.2, 0.25) is 0 Å². The van der Waals surface area contributed by atoms with Crippen molar-refractivity contribution in [1.29, 1.82) is 0 Å². The van der Waals surface area contributed by atoms with E-state index in [1.807, 2.05) is 11.7 Å². The second kappa shape index (κ2) is 10.5. The van der Waals surface area contributed by atoms with E-state index in [1.165, 1.54) is 30.4 Å². The minimum atomic E-state index is 0.733. The van der Waals surface area contributed by atoms with E-state index in [9.17, 15) is 0 Å². The fourth-order valence-corrected chi connectivity index (χ4v) is 2.63. The molecule has 6 nitrogen and oxygen atoms in total. The van der Waals surface area contributed by atoms with Crippen molar-refractivity contribution in [2.75, 3.05) is 13.6 Å². The van der Waals surface area contributed by atoms with Gasteiger partial charge in [-0.3, -0.25) is 4.99 Å². The average molecular weight is 342 g/mol. The van der Waals surface area contributed by atoms with Gasteiger partial charge in [0.15, 0.2) is 5.96 Å². The van der Waals surface area contributed by atoms with E-state index in [4.69, 9.17) is 0 Å². The Morgan fingerprint density at radius 2 is 2.04 bits per heavy atom. The lowest BCUT2D eigenvalue weighted by Crippen LogP contribution is -2.37. The number of hydrogen-bond acceptors (Lipinski definition) is 3. The van der Waals surface area contributed by atoms with Crippen molar-refractivity contribution < 1.29 is 0 Å². The van der Waals surface area contributed by atoms with Gasteiger partial charge in [-0.25, -0.2) is 9.67 Å². The molecule has 25 heavy (non-hydrogen) atoms. The molecular formula is C19H30N6. The van der Waals surface area contributed by atoms with Crippen molar-refractivity contribution in [2.45, 2.75) is 46.2 Å². The lowest BCUT2D eigenvalue weighted by Gasteiger charge is -2.13. The molecule has 1 aromatic carbocycles. The molecule has 0 aliphatic heterocycles. The van der Waals surface area contributed by atoms with Gasteiger partial charge in [-0.15, -0.1) is 0 Å². The molecule has 0 amide bonds. The number of rotatable bonds is 9. The molecule has 0 fully saturated rings. The van der Waals surface area contributed by atoms with Crippen LogP contribution >= 0.6 is 0 Å². The molecular weight excluding hydrogens is 312 g/mol. The highest BCUT2D eigenvalue weighted by molar-refractivity contribution is 5.79. The molecule has 0 atom stereocenters. The van der Waals surface area contributed by atoms with Crippen molar-refractivity contribution in [2.24, 2.45) is 10.9 Å². The van der Waals surface area contributed by atoms with Crippen LogP contribution in [0.2, 0.25) is 0 Å². The summed E-state index contributed by atoms with van der Waals surface area (Å²) in [4.78, 5) is 8.27. The van der Waals surface area contributed by atoms with Crippen molar-refractivity contribution >= 4 is 5.96 Å². The zero-order valence-electron chi connectivity index (χ0n) is 15.6. The molecule has 0 spiro atoms. The number of benzene rings is 1. The number of aliphatic imine (C=N–C) groups is 1. The van der Waals surface area contributed by atoms with Crippen molar-refractivity contribution in [3.8, 4) is 0 Å². The second-order valence-electron chi connectivity index (χ2n) is 6.66. The van der Waals surface area contributed by atoms with E-state index in [0.717, 1.165) is 31.5 Å². The Labute approximate surface area is 150 Å². The van der Waals surface area contributed by atoms with Crippen LogP contribution in [0.4, 0.5) is 0 Å². The number of aromatic nitrogens is 3. The van der Waals surface area contributed by atoms with Gasteiger partial charge in [0.05, 0.1) is 6.54 Å². The van der Waals surface area contributed by atoms with E-state index in [1.54, 1.807) is 12.7 Å². The van der Waals surface area contributed by atoms with Gasteiger partial charge < -0.3 is 10.6 Å². The smallest absolute Gasteiger partial charge is 0.191 e. The van der Waals surface area contributed by atoms with Gasteiger partial charge in [-0.05, 0) is 23.5 Å². The maximum absolute atomic E-state index is 4.29. The van der Waals surface area contributed by atoms with Gasteiger partial charge in [-0.2, -0.15) is 5.10 Å². The third-order valence-electron chi connectivity index (χ3n) is 3.99. The van der Waals surface area contributed by atoms with Crippen LogP contribution in [-0.4, -0.2) is 34.3 Å². The fourth-order valence-electron chi connectivity index (χ4n) is 2.63. The number of nitrogens with zero attached hydrogens (tertiary/aromatic N) is 4. The largest absolute Gasteiger partial charge is 0.356 e. The third kappa shape index (κ3) is 7.37. The summed E-state index contributed by atoms with van der Waals surface area (Å²) < 4.78 is 1.82. The molecule has 136 valence electrons. The molecule has 0 saturated heterocycles. The van der Waals surface area contributed by atoms with E-state index >= 15 is 0 Å². The second-order valence-corrected chi connectivity index (χ2v) is 6.66. The Hall–Kier alpha value is -2.37. The molecule has 0 aliphatic carbocycles. The molecule has 0 radical (unpaired) electrons. The summed E-state index contributed by atoms with van der Waals surface area (Å²) >= 11 is 0. The van der Waals surface area contributed by atoms with E-state index in [-0.39, 0.29) is 0 Å². The Kier molecular flexibility index (Phi) is 7.95. The standard InChI is InChI=1S/C19H30N6/c1-16(2)7-4-5-10-22-19(20-3)23-12-17-8-6-9-18(11-17)13-25-15-21-14-24-25/h6,8-9,11,14-16H,4-5,7,10,12-13H2,1-3H3,(H2,20,22,23). The maximum Gasteiger partial charge on any atom is 0.191 e. The lowest BCUT2D eigenvalue weighted by atomic mass is 10.1. The minimum absolute atomic E-state index is 0.733. The van der Waals surface area contributed by atoms with Gasteiger partial charge in [0, 0.05) is 20.1 Å². The van der Waals surface area contributed by atoms with Crippen LogP contribution in [0.5, 0.6) is 0 Å². The van der Waals surface area contributed by atoms with Crippen molar-refractivity contribution in [3.63, 3.8) is 0 Å². The summed E-state index contributed by atoms with van der Waals surface area (Å²) in [5, 5.41) is 10.9. The number of hydrogen-bond donors (Lipinski definition) is 2. The van der Waals surface area contributed by atoms with E-state index < -0.39 is 0 Å².